The summed E-state index contributed by atoms with van der Waals surface area (Å²) in [5.41, 5.74) is 0.674. The number of rotatable bonds is 3. The lowest BCUT2D eigenvalue weighted by molar-refractivity contribution is 0.391. The molecule has 0 atom stereocenters. The quantitative estimate of drug-likeness (QED) is 0.903. The van der Waals surface area contributed by atoms with Crippen LogP contribution >= 0.6 is 0 Å². The van der Waals surface area contributed by atoms with E-state index in [9.17, 15) is 8.78 Å². The maximum absolute atomic E-state index is 13.9. The minimum Gasteiger partial charge on any atom is -0.456 e. The van der Waals surface area contributed by atoms with Crippen molar-refractivity contribution in [2.75, 3.05) is 0 Å². The van der Waals surface area contributed by atoms with Gasteiger partial charge in [-0.1, -0.05) is 6.92 Å². The van der Waals surface area contributed by atoms with Crippen molar-refractivity contribution in [1.82, 2.24) is 5.32 Å². The smallest absolute Gasteiger partial charge is 0.173 e. The molecule has 0 bridgehead atoms. The fourth-order valence-corrected chi connectivity index (χ4v) is 2.10. The Morgan fingerprint density at radius 3 is 2.37 bits per heavy atom. The van der Waals surface area contributed by atoms with Gasteiger partial charge in [0.25, 0.3) is 0 Å². The molecule has 0 fully saturated rings. The molecule has 1 aromatic heterocycles. The average molecular weight is 267 g/mol. The Balaban J connectivity index is 2.50. The van der Waals surface area contributed by atoms with Crippen molar-refractivity contribution < 1.29 is 13.2 Å². The van der Waals surface area contributed by atoms with Crippen LogP contribution in [0, 0.1) is 11.6 Å². The largest absolute Gasteiger partial charge is 0.456 e. The molecule has 1 N–H and O–H groups in total. The molecule has 1 heterocycles. The Hall–Kier alpha value is -1.42. The first-order chi connectivity index (χ1) is 8.83. The molecule has 2 rings (SSSR count). The maximum atomic E-state index is 13.9. The van der Waals surface area contributed by atoms with Gasteiger partial charge < -0.3 is 9.73 Å². The van der Waals surface area contributed by atoms with Crippen molar-refractivity contribution >= 4 is 11.0 Å². The van der Waals surface area contributed by atoms with Gasteiger partial charge in [-0.15, -0.1) is 0 Å². The molecule has 104 valence electrons. The molecule has 2 aromatic rings. The minimum absolute atomic E-state index is 0.0163. The second-order valence-corrected chi connectivity index (χ2v) is 5.69. The predicted octanol–water partition coefficient (Wildman–Crippen LogP) is 4.16. The lowest BCUT2D eigenvalue weighted by Gasteiger charge is -2.19. The summed E-state index contributed by atoms with van der Waals surface area (Å²) in [6.45, 7) is 8.46. The van der Waals surface area contributed by atoms with Crippen LogP contribution in [0.4, 0.5) is 8.78 Å². The van der Waals surface area contributed by atoms with Crippen LogP contribution in [0.15, 0.2) is 16.5 Å². The molecule has 0 saturated carbocycles. The number of hydrogen-bond donors (Lipinski definition) is 1. The highest BCUT2D eigenvalue weighted by Crippen LogP contribution is 2.31. The van der Waals surface area contributed by atoms with Crippen molar-refractivity contribution in [3.05, 3.63) is 35.1 Å². The van der Waals surface area contributed by atoms with Gasteiger partial charge in [-0.05, 0) is 39.3 Å². The van der Waals surface area contributed by atoms with Crippen LogP contribution in [0.25, 0.3) is 11.0 Å². The second-order valence-electron chi connectivity index (χ2n) is 5.69. The van der Waals surface area contributed by atoms with E-state index in [4.69, 9.17) is 4.42 Å². The molecule has 0 aliphatic rings. The summed E-state index contributed by atoms with van der Waals surface area (Å²) in [5.74, 6) is -0.344. The SMILES string of the molecule is CCc1c(CNC(C)(C)C)oc2c(F)ccc(F)c12. The van der Waals surface area contributed by atoms with Gasteiger partial charge in [-0.3, -0.25) is 0 Å². The molecule has 0 aliphatic heterocycles. The molecular formula is C15H19F2NO. The van der Waals surface area contributed by atoms with Gasteiger partial charge >= 0.3 is 0 Å². The molecular weight excluding hydrogens is 248 g/mol. The second kappa shape index (κ2) is 4.93. The zero-order valence-corrected chi connectivity index (χ0v) is 11.7. The lowest BCUT2D eigenvalue weighted by atomic mass is 10.1. The number of benzene rings is 1. The third-order valence-electron chi connectivity index (χ3n) is 3.06. The van der Waals surface area contributed by atoms with E-state index in [1.807, 2.05) is 27.7 Å². The Morgan fingerprint density at radius 2 is 1.79 bits per heavy atom. The van der Waals surface area contributed by atoms with Gasteiger partial charge in [0.2, 0.25) is 0 Å². The molecule has 0 saturated heterocycles. The van der Waals surface area contributed by atoms with Crippen molar-refractivity contribution in [1.29, 1.82) is 0 Å². The third kappa shape index (κ3) is 2.78. The van der Waals surface area contributed by atoms with Gasteiger partial charge in [0, 0.05) is 11.1 Å². The van der Waals surface area contributed by atoms with Crippen molar-refractivity contribution in [3.63, 3.8) is 0 Å². The van der Waals surface area contributed by atoms with Crippen LogP contribution in [0.2, 0.25) is 0 Å². The van der Waals surface area contributed by atoms with E-state index in [-0.39, 0.29) is 16.5 Å². The summed E-state index contributed by atoms with van der Waals surface area (Å²) in [4.78, 5) is 0. The zero-order valence-electron chi connectivity index (χ0n) is 11.7. The van der Waals surface area contributed by atoms with Crippen LogP contribution in [0.1, 0.15) is 39.0 Å². The van der Waals surface area contributed by atoms with Crippen molar-refractivity contribution in [2.45, 2.75) is 46.2 Å². The fourth-order valence-electron chi connectivity index (χ4n) is 2.10. The molecule has 1 aromatic carbocycles. The third-order valence-corrected chi connectivity index (χ3v) is 3.06. The van der Waals surface area contributed by atoms with E-state index >= 15 is 0 Å². The highest BCUT2D eigenvalue weighted by molar-refractivity contribution is 5.83. The molecule has 0 unspecified atom stereocenters. The standard InChI is InChI=1S/C15H19F2NO/c1-5-9-12(8-18-15(2,3)4)19-14-11(17)7-6-10(16)13(9)14/h6-7,18H,5,8H2,1-4H3. The van der Waals surface area contributed by atoms with Crippen molar-refractivity contribution in [3.8, 4) is 0 Å². The molecule has 0 aliphatic carbocycles. The van der Waals surface area contributed by atoms with Crippen LogP contribution in [0.3, 0.4) is 0 Å². The van der Waals surface area contributed by atoms with Crippen LogP contribution in [-0.4, -0.2) is 5.54 Å². The first kappa shape index (κ1) is 14.0. The highest BCUT2D eigenvalue weighted by atomic mass is 19.1. The summed E-state index contributed by atoms with van der Waals surface area (Å²) >= 11 is 0. The lowest BCUT2D eigenvalue weighted by Crippen LogP contribution is -2.35. The summed E-state index contributed by atoms with van der Waals surface area (Å²) in [6.07, 6.45) is 0.606. The molecule has 2 nitrogen and oxygen atoms in total. The van der Waals surface area contributed by atoms with E-state index in [0.717, 1.165) is 17.7 Å². The summed E-state index contributed by atoms with van der Waals surface area (Å²) in [7, 11) is 0. The van der Waals surface area contributed by atoms with Gasteiger partial charge in [0.1, 0.15) is 11.6 Å². The number of fused-ring (bicyclic) bond motifs is 1. The molecule has 19 heavy (non-hydrogen) atoms. The van der Waals surface area contributed by atoms with Crippen LogP contribution in [-0.2, 0) is 13.0 Å². The number of aryl methyl sites for hydroxylation is 1. The number of nitrogens with one attached hydrogen (secondary N) is 1. The predicted molar refractivity (Wildman–Crippen MR) is 72.1 cm³/mol. The summed E-state index contributed by atoms with van der Waals surface area (Å²) < 4.78 is 33.1. The Morgan fingerprint density at radius 1 is 1.16 bits per heavy atom. The van der Waals surface area contributed by atoms with E-state index in [0.29, 0.717) is 18.7 Å². The minimum atomic E-state index is -0.520. The average Bonchev–Trinajstić information content (AvgIpc) is 2.70. The number of halogens is 2. The summed E-state index contributed by atoms with van der Waals surface area (Å²) in [5, 5.41) is 3.55. The Kier molecular flexibility index (Phi) is 3.63. The molecule has 0 spiro atoms. The van der Waals surface area contributed by atoms with E-state index in [1.54, 1.807) is 0 Å². The van der Waals surface area contributed by atoms with Crippen LogP contribution in [0.5, 0.6) is 0 Å². The molecule has 0 radical (unpaired) electrons. The van der Waals surface area contributed by atoms with Gasteiger partial charge in [0.05, 0.1) is 11.9 Å². The van der Waals surface area contributed by atoms with Gasteiger partial charge in [0.15, 0.2) is 11.4 Å². The van der Waals surface area contributed by atoms with E-state index in [2.05, 4.69) is 5.32 Å². The first-order valence-electron chi connectivity index (χ1n) is 6.46. The maximum Gasteiger partial charge on any atom is 0.173 e. The van der Waals surface area contributed by atoms with Crippen molar-refractivity contribution in [2.24, 2.45) is 0 Å². The summed E-state index contributed by atoms with van der Waals surface area (Å²) in [6, 6.07) is 2.24. The Bertz CT molecular complexity index is 596. The monoisotopic (exact) mass is 267 g/mol. The number of furan rings is 1. The Labute approximate surface area is 111 Å². The van der Waals surface area contributed by atoms with E-state index < -0.39 is 11.6 Å². The van der Waals surface area contributed by atoms with Gasteiger partial charge in [-0.2, -0.15) is 0 Å². The molecule has 0 amide bonds. The normalized spacial score (nSPS) is 12.3. The topological polar surface area (TPSA) is 25.2 Å². The van der Waals surface area contributed by atoms with Gasteiger partial charge in [-0.25, -0.2) is 8.78 Å². The molecule has 4 heteroatoms. The van der Waals surface area contributed by atoms with Crippen LogP contribution < -0.4 is 5.32 Å². The number of hydrogen-bond acceptors (Lipinski definition) is 2. The fraction of sp³-hybridized carbons (Fsp3) is 0.467. The zero-order chi connectivity index (χ0) is 14.2. The first-order valence-corrected chi connectivity index (χ1v) is 6.46. The van der Waals surface area contributed by atoms with E-state index in [1.165, 1.54) is 0 Å². The highest BCUT2D eigenvalue weighted by Gasteiger charge is 2.20.